The highest BCUT2D eigenvalue weighted by molar-refractivity contribution is 7.19. The number of hydrogen-bond donors (Lipinski definition) is 1. The van der Waals surface area contributed by atoms with Crippen LogP contribution in [-0.4, -0.2) is 14.9 Å². The van der Waals surface area contributed by atoms with Crippen molar-refractivity contribution in [3.63, 3.8) is 0 Å². The fourth-order valence-electron chi connectivity index (χ4n) is 3.81. The Kier molecular flexibility index (Phi) is 4.75. The molecule has 0 amide bonds. The molecule has 2 aromatic heterocycles. The Morgan fingerprint density at radius 2 is 2.11 bits per heavy atom. The largest absolute Gasteiger partial charge is 0.339 e. The van der Waals surface area contributed by atoms with Crippen LogP contribution in [0.3, 0.4) is 0 Å². The summed E-state index contributed by atoms with van der Waals surface area (Å²) in [7, 11) is 0. The standard InChI is InChI=1S/C20H21ClN4O2S/c1-20(2,3)11-4-6-13-16(8-11)28-19-17(13)18(22-10-23-19)24-12-5-7-14(21)15(9-12)25(26)27/h5,7,9-11H,4,6,8H2,1-3H3,(H,22,23,24). The SMILES string of the molecule is CC(C)(C)C1CCc2c(sc3ncnc(Nc4ccc(Cl)c([N+](=O)[O-])c4)c23)C1. The van der Waals surface area contributed by atoms with Gasteiger partial charge in [0.05, 0.1) is 10.3 Å². The second-order valence-corrected chi connectivity index (χ2v) is 9.75. The number of nitrogens with zero attached hydrogens (tertiary/aromatic N) is 3. The topological polar surface area (TPSA) is 81.0 Å². The van der Waals surface area contributed by atoms with Gasteiger partial charge < -0.3 is 5.32 Å². The molecule has 8 heteroatoms. The predicted molar refractivity (Wildman–Crippen MR) is 114 cm³/mol. The van der Waals surface area contributed by atoms with E-state index in [9.17, 15) is 10.1 Å². The number of hydrogen-bond acceptors (Lipinski definition) is 6. The molecule has 0 spiro atoms. The molecular weight excluding hydrogens is 396 g/mol. The van der Waals surface area contributed by atoms with Crippen LogP contribution in [0.1, 0.15) is 37.6 Å². The summed E-state index contributed by atoms with van der Waals surface area (Å²) in [6.45, 7) is 6.91. The van der Waals surface area contributed by atoms with Gasteiger partial charge >= 0.3 is 0 Å². The molecule has 3 aromatic rings. The Morgan fingerprint density at radius 1 is 1.32 bits per heavy atom. The summed E-state index contributed by atoms with van der Waals surface area (Å²) in [5, 5.41) is 15.6. The lowest BCUT2D eigenvalue weighted by Gasteiger charge is -2.33. The number of nitro groups is 1. The second-order valence-electron chi connectivity index (χ2n) is 8.26. The van der Waals surface area contributed by atoms with Gasteiger partial charge in [-0.2, -0.15) is 0 Å². The summed E-state index contributed by atoms with van der Waals surface area (Å²) in [6, 6.07) is 4.68. The van der Waals surface area contributed by atoms with Crippen LogP contribution in [0.4, 0.5) is 17.2 Å². The van der Waals surface area contributed by atoms with Gasteiger partial charge in [0, 0.05) is 16.6 Å². The number of thiophene rings is 1. The Morgan fingerprint density at radius 3 is 2.82 bits per heavy atom. The van der Waals surface area contributed by atoms with Crippen molar-refractivity contribution in [1.82, 2.24) is 9.97 Å². The van der Waals surface area contributed by atoms with Gasteiger partial charge in [0.15, 0.2) is 0 Å². The molecule has 0 radical (unpaired) electrons. The van der Waals surface area contributed by atoms with Gasteiger partial charge in [-0.1, -0.05) is 32.4 Å². The van der Waals surface area contributed by atoms with E-state index in [4.69, 9.17) is 11.6 Å². The molecule has 0 fully saturated rings. The smallest absolute Gasteiger partial charge is 0.289 e. The maximum absolute atomic E-state index is 11.2. The van der Waals surface area contributed by atoms with Crippen LogP contribution in [-0.2, 0) is 12.8 Å². The van der Waals surface area contributed by atoms with Gasteiger partial charge in [-0.25, -0.2) is 9.97 Å². The van der Waals surface area contributed by atoms with Crippen molar-refractivity contribution in [2.45, 2.75) is 40.0 Å². The van der Waals surface area contributed by atoms with E-state index in [2.05, 4.69) is 36.1 Å². The molecule has 6 nitrogen and oxygen atoms in total. The van der Waals surface area contributed by atoms with Crippen LogP contribution >= 0.6 is 22.9 Å². The number of aryl methyl sites for hydroxylation is 1. The molecule has 1 atom stereocenters. The molecule has 0 saturated heterocycles. The van der Waals surface area contributed by atoms with Gasteiger partial charge in [0.25, 0.3) is 5.69 Å². The quantitative estimate of drug-likeness (QED) is 0.409. The molecule has 1 aliphatic carbocycles. The first-order valence-electron chi connectivity index (χ1n) is 9.20. The number of nitro benzene ring substituents is 1. The zero-order valence-electron chi connectivity index (χ0n) is 16.0. The molecule has 2 heterocycles. The monoisotopic (exact) mass is 416 g/mol. The number of benzene rings is 1. The van der Waals surface area contributed by atoms with E-state index in [0.717, 1.165) is 29.5 Å². The Labute approximate surface area is 172 Å². The summed E-state index contributed by atoms with van der Waals surface area (Å²) < 4.78 is 0. The van der Waals surface area contributed by atoms with Gasteiger partial charge in [0.2, 0.25) is 0 Å². The molecule has 4 rings (SSSR count). The lowest BCUT2D eigenvalue weighted by atomic mass is 9.72. The first-order chi connectivity index (χ1) is 13.2. The fraction of sp³-hybridized carbons (Fsp3) is 0.400. The number of halogens is 1. The molecule has 0 saturated carbocycles. The normalized spacial score (nSPS) is 16.8. The summed E-state index contributed by atoms with van der Waals surface area (Å²) in [5.41, 5.74) is 2.05. The van der Waals surface area contributed by atoms with E-state index in [1.54, 1.807) is 17.4 Å². The number of aromatic nitrogens is 2. The van der Waals surface area contributed by atoms with E-state index in [-0.39, 0.29) is 16.1 Å². The van der Waals surface area contributed by atoms with Gasteiger partial charge in [-0.3, -0.25) is 10.1 Å². The van der Waals surface area contributed by atoms with Crippen LogP contribution in [0.15, 0.2) is 24.5 Å². The summed E-state index contributed by atoms with van der Waals surface area (Å²) in [4.78, 5) is 21.9. The molecule has 1 aromatic carbocycles. The molecule has 0 aliphatic heterocycles. The van der Waals surface area contributed by atoms with Crippen molar-refractivity contribution in [3.8, 4) is 0 Å². The Hall–Kier alpha value is -2.25. The first-order valence-corrected chi connectivity index (χ1v) is 10.4. The summed E-state index contributed by atoms with van der Waals surface area (Å²) >= 11 is 7.66. The minimum atomic E-state index is -0.484. The van der Waals surface area contributed by atoms with Crippen molar-refractivity contribution in [2.75, 3.05) is 5.32 Å². The molecule has 1 unspecified atom stereocenters. The van der Waals surface area contributed by atoms with E-state index in [1.165, 1.54) is 28.9 Å². The van der Waals surface area contributed by atoms with Crippen molar-refractivity contribution >= 4 is 50.3 Å². The van der Waals surface area contributed by atoms with Gasteiger partial charge in [-0.15, -0.1) is 11.3 Å². The van der Waals surface area contributed by atoms with Crippen molar-refractivity contribution < 1.29 is 4.92 Å². The third-order valence-electron chi connectivity index (χ3n) is 5.48. The lowest BCUT2D eigenvalue weighted by Crippen LogP contribution is -2.26. The average Bonchev–Trinajstić information content (AvgIpc) is 3.01. The third-order valence-corrected chi connectivity index (χ3v) is 6.96. The van der Waals surface area contributed by atoms with Crippen LogP contribution < -0.4 is 5.32 Å². The summed E-state index contributed by atoms with van der Waals surface area (Å²) in [6.07, 6.45) is 4.74. The zero-order valence-corrected chi connectivity index (χ0v) is 17.5. The Balaban J connectivity index is 1.73. The number of rotatable bonds is 3. The summed E-state index contributed by atoms with van der Waals surface area (Å²) in [5.74, 6) is 1.34. The Bertz CT molecular complexity index is 1070. The lowest BCUT2D eigenvalue weighted by molar-refractivity contribution is -0.384. The fourth-order valence-corrected chi connectivity index (χ4v) is 5.26. The van der Waals surface area contributed by atoms with Gasteiger partial charge in [-0.05, 0) is 48.3 Å². The number of anilines is 2. The highest BCUT2D eigenvalue weighted by Crippen LogP contribution is 2.44. The van der Waals surface area contributed by atoms with E-state index >= 15 is 0 Å². The molecule has 28 heavy (non-hydrogen) atoms. The average molecular weight is 417 g/mol. The minimum Gasteiger partial charge on any atom is -0.339 e. The second kappa shape index (κ2) is 6.97. The van der Waals surface area contributed by atoms with E-state index in [0.29, 0.717) is 17.4 Å². The van der Waals surface area contributed by atoms with Crippen LogP contribution in [0.25, 0.3) is 10.2 Å². The maximum atomic E-state index is 11.2. The van der Waals surface area contributed by atoms with E-state index in [1.807, 2.05) is 0 Å². The van der Waals surface area contributed by atoms with Crippen LogP contribution in [0.5, 0.6) is 0 Å². The van der Waals surface area contributed by atoms with Gasteiger partial charge in [0.1, 0.15) is 22.0 Å². The maximum Gasteiger partial charge on any atom is 0.289 e. The third kappa shape index (κ3) is 3.44. The van der Waals surface area contributed by atoms with E-state index < -0.39 is 4.92 Å². The first kappa shape index (κ1) is 19.1. The van der Waals surface area contributed by atoms with Crippen molar-refractivity contribution in [1.29, 1.82) is 0 Å². The zero-order chi connectivity index (χ0) is 20.1. The predicted octanol–water partition coefficient (Wildman–Crippen LogP) is 6.15. The van der Waals surface area contributed by atoms with Crippen LogP contribution in [0, 0.1) is 21.4 Å². The molecule has 1 aliphatic rings. The molecule has 0 bridgehead atoms. The highest BCUT2D eigenvalue weighted by Gasteiger charge is 2.31. The number of nitrogens with one attached hydrogen (secondary N) is 1. The molecule has 1 N–H and O–H groups in total. The van der Waals surface area contributed by atoms with Crippen molar-refractivity contribution in [2.24, 2.45) is 11.3 Å². The minimum absolute atomic E-state index is 0.115. The number of fused-ring (bicyclic) bond motifs is 3. The van der Waals surface area contributed by atoms with Crippen molar-refractivity contribution in [3.05, 3.63) is 50.1 Å². The van der Waals surface area contributed by atoms with Crippen LogP contribution in [0.2, 0.25) is 5.02 Å². The molecular formula is C20H21ClN4O2S. The molecule has 146 valence electrons. The highest BCUT2D eigenvalue weighted by atomic mass is 35.5.